The van der Waals surface area contributed by atoms with Gasteiger partial charge in [-0.3, -0.25) is 0 Å². The van der Waals surface area contributed by atoms with E-state index in [1.54, 1.807) is 0 Å². The van der Waals surface area contributed by atoms with Crippen molar-refractivity contribution < 1.29 is 105 Å². The van der Waals surface area contributed by atoms with E-state index in [4.69, 9.17) is 33.2 Å². The third kappa shape index (κ3) is 7.91. The van der Waals surface area contributed by atoms with Crippen LogP contribution in [0, 0.1) is 0 Å². The van der Waals surface area contributed by atoms with Gasteiger partial charge in [-0.15, -0.1) is 0 Å². The molecule has 264 valence electrons. The number of hydrogen-bond acceptors (Lipinski definition) is 21. The fourth-order valence-corrected chi connectivity index (χ4v) is 5.23. The zero-order chi connectivity index (χ0) is 33.3. The summed E-state index contributed by atoms with van der Waals surface area (Å²) in [4.78, 5) is 0. The third-order valence-electron chi connectivity index (χ3n) is 8.15. The van der Waals surface area contributed by atoms with Crippen molar-refractivity contribution in [2.45, 2.75) is 123 Å². The largest absolute Gasteiger partial charge is 0.394 e. The minimum Gasteiger partial charge on any atom is -0.394 e. The second-order valence-electron chi connectivity index (χ2n) is 11.3. The normalized spacial score (nSPS) is 52.9. The van der Waals surface area contributed by atoms with Crippen LogP contribution in [0.2, 0.25) is 0 Å². The number of hydrogen-bond donors (Lipinski definition) is 14. The molecule has 4 aliphatic rings. The van der Waals surface area contributed by atoms with Gasteiger partial charge in [-0.25, -0.2) is 0 Å². The van der Waals surface area contributed by atoms with Crippen LogP contribution in [0.3, 0.4) is 0 Å². The monoisotopic (exact) mass is 666 g/mol. The molecule has 0 spiro atoms. The topological polar surface area (TPSA) is 348 Å². The fraction of sp³-hybridized carbons (Fsp3) is 1.00. The third-order valence-corrected chi connectivity index (χ3v) is 8.15. The summed E-state index contributed by atoms with van der Waals surface area (Å²) in [6.45, 7) is -2.67. The lowest BCUT2D eigenvalue weighted by Gasteiger charge is -2.44. The van der Waals surface area contributed by atoms with Crippen molar-refractivity contribution in [3.05, 3.63) is 0 Å². The Kier molecular flexibility index (Phi) is 12.8. The molecule has 21 nitrogen and oxygen atoms in total. The highest BCUT2D eigenvalue weighted by atomic mass is 16.7. The Hall–Kier alpha value is -0.840. The van der Waals surface area contributed by atoms with Crippen molar-refractivity contribution in [2.75, 3.05) is 26.4 Å². The molecule has 20 atom stereocenters. The van der Waals surface area contributed by atoms with E-state index in [2.05, 4.69) is 0 Å². The summed E-state index contributed by atoms with van der Waals surface area (Å²) in [6, 6.07) is 0. The molecule has 4 saturated heterocycles. The smallest absolute Gasteiger partial charge is 0.186 e. The number of aliphatic hydroxyl groups excluding tert-OH is 14. The predicted octanol–water partition coefficient (Wildman–Crippen LogP) is -9.75. The van der Waals surface area contributed by atoms with Crippen molar-refractivity contribution in [3.63, 3.8) is 0 Å². The van der Waals surface area contributed by atoms with Crippen LogP contribution in [0.5, 0.6) is 0 Å². The Balaban J connectivity index is 1.33. The van der Waals surface area contributed by atoms with Gasteiger partial charge < -0.3 is 105 Å². The number of rotatable bonds is 10. The summed E-state index contributed by atoms with van der Waals surface area (Å²) < 4.78 is 37.2. The van der Waals surface area contributed by atoms with Crippen LogP contribution in [0.1, 0.15) is 0 Å². The average Bonchev–Trinajstić information content (AvgIpc) is 3.02. The molecule has 4 heterocycles. The van der Waals surface area contributed by atoms with E-state index in [1.165, 1.54) is 0 Å². The van der Waals surface area contributed by atoms with E-state index in [1.807, 2.05) is 0 Å². The molecule has 0 aromatic rings. The van der Waals surface area contributed by atoms with E-state index in [0.717, 1.165) is 0 Å². The lowest BCUT2D eigenvalue weighted by Crippen LogP contribution is -2.63. The molecule has 4 rings (SSSR count). The molecule has 4 aliphatic heterocycles. The summed E-state index contributed by atoms with van der Waals surface area (Å²) in [5, 5.41) is 141. The van der Waals surface area contributed by atoms with Crippen LogP contribution in [0.4, 0.5) is 0 Å². The van der Waals surface area contributed by atoms with Crippen LogP contribution in [-0.4, -0.2) is 221 Å². The summed E-state index contributed by atoms with van der Waals surface area (Å²) in [5.41, 5.74) is 0. The second-order valence-corrected chi connectivity index (χ2v) is 11.3. The minimum absolute atomic E-state index is 0.633. The lowest BCUT2D eigenvalue weighted by molar-refractivity contribution is -0.346. The van der Waals surface area contributed by atoms with Crippen molar-refractivity contribution in [1.82, 2.24) is 0 Å². The summed E-state index contributed by atoms with van der Waals surface area (Å²) in [5.74, 6) is 0. The van der Waals surface area contributed by atoms with Crippen molar-refractivity contribution in [1.29, 1.82) is 0 Å². The molecule has 21 heteroatoms. The summed E-state index contributed by atoms with van der Waals surface area (Å²) in [7, 11) is 0. The van der Waals surface area contributed by atoms with Crippen molar-refractivity contribution in [3.8, 4) is 0 Å². The Bertz CT molecular complexity index is 916. The summed E-state index contributed by atoms with van der Waals surface area (Å²) in [6.07, 6.45) is -34.1. The van der Waals surface area contributed by atoms with Gasteiger partial charge in [-0.05, 0) is 0 Å². The molecule has 14 N–H and O–H groups in total. The second kappa shape index (κ2) is 15.6. The Morgan fingerprint density at radius 3 is 0.978 bits per heavy atom. The predicted molar refractivity (Wildman–Crippen MR) is 134 cm³/mol. The molecule has 45 heavy (non-hydrogen) atoms. The Labute approximate surface area is 254 Å². The van der Waals surface area contributed by atoms with Crippen LogP contribution in [-0.2, 0) is 33.2 Å². The van der Waals surface area contributed by atoms with Gasteiger partial charge in [0.2, 0.25) is 0 Å². The van der Waals surface area contributed by atoms with Gasteiger partial charge in [0, 0.05) is 0 Å². The summed E-state index contributed by atoms with van der Waals surface area (Å²) >= 11 is 0. The first-order valence-electron chi connectivity index (χ1n) is 14.1. The quantitative estimate of drug-likeness (QED) is 0.103. The fourth-order valence-electron chi connectivity index (χ4n) is 5.23. The molecular formula is C24H42O21. The first-order valence-corrected chi connectivity index (χ1v) is 14.1. The molecule has 1 unspecified atom stereocenters. The van der Waals surface area contributed by atoms with E-state index < -0.39 is 149 Å². The standard InChI is InChI=1S/C24H42O21/c25-1-5-9(26)14(31)18(35)22(43-5)40-3-7-11(28)16(33)20(37)24(45-7)41-4-8-12(29)15(32)19(36)23(44-8)39-2-6-10(27)13(30)17(34)21(38)42-6/h5-38H,1-4H2/t5-,6-,7-,8-,9-,10-,11-,12-,13+,14+,15+,16+,17-,18-,19-,20-,21?,22+,23+,24+/m1/s1. The number of aliphatic hydroxyl groups is 14. The van der Waals surface area contributed by atoms with Crippen LogP contribution in [0.25, 0.3) is 0 Å². The maximum absolute atomic E-state index is 10.4. The maximum atomic E-state index is 10.4. The van der Waals surface area contributed by atoms with Gasteiger partial charge >= 0.3 is 0 Å². The molecule has 0 aromatic carbocycles. The Morgan fingerprint density at radius 1 is 0.333 bits per heavy atom. The number of ether oxygens (including phenoxy) is 7. The molecule has 0 aliphatic carbocycles. The van der Waals surface area contributed by atoms with E-state index in [0.29, 0.717) is 0 Å². The average molecular weight is 667 g/mol. The zero-order valence-corrected chi connectivity index (χ0v) is 23.5. The van der Waals surface area contributed by atoms with Gasteiger partial charge in [0.15, 0.2) is 25.2 Å². The highest BCUT2D eigenvalue weighted by Crippen LogP contribution is 2.29. The lowest BCUT2D eigenvalue weighted by atomic mass is 9.98. The Morgan fingerprint density at radius 2 is 0.622 bits per heavy atom. The van der Waals surface area contributed by atoms with Gasteiger partial charge in [-0.2, -0.15) is 0 Å². The van der Waals surface area contributed by atoms with Gasteiger partial charge in [0.25, 0.3) is 0 Å². The van der Waals surface area contributed by atoms with Gasteiger partial charge in [0.1, 0.15) is 97.7 Å². The molecule has 0 aromatic heterocycles. The van der Waals surface area contributed by atoms with E-state index >= 15 is 0 Å². The molecule has 4 fully saturated rings. The highest BCUT2D eigenvalue weighted by molar-refractivity contribution is 4.94. The van der Waals surface area contributed by atoms with Crippen LogP contribution in [0.15, 0.2) is 0 Å². The zero-order valence-electron chi connectivity index (χ0n) is 23.5. The van der Waals surface area contributed by atoms with Gasteiger partial charge in [0.05, 0.1) is 26.4 Å². The first-order chi connectivity index (χ1) is 21.2. The molecule has 0 saturated carbocycles. The molecule has 0 bridgehead atoms. The minimum atomic E-state index is -1.88. The first kappa shape index (κ1) is 37.0. The van der Waals surface area contributed by atoms with Crippen LogP contribution < -0.4 is 0 Å². The van der Waals surface area contributed by atoms with Crippen molar-refractivity contribution in [2.24, 2.45) is 0 Å². The highest BCUT2D eigenvalue weighted by Gasteiger charge is 2.50. The van der Waals surface area contributed by atoms with Crippen LogP contribution >= 0.6 is 0 Å². The van der Waals surface area contributed by atoms with E-state index in [-0.39, 0.29) is 0 Å². The molecular weight excluding hydrogens is 624 g/mol. The molecule has 0 radical (unpaired) electrons. The SMILES string of the molecule is OC[C@H]1O[C@H](OC[C@H]2O[C@H](OC[C@H]3O[C@H](OC[C@H]4OC(O)[C@H](O)[C@@H](O)[C@@H]4O)[C@H](O)[C@@H](O)[C@@H]3O)[C@H](O)[C@@H](O)[C@@H]2O)[C@H](O)[C@@H](O)[C@@H]1O. The van der Waals surface area contributed by atoms with Gasteiger partial charge in [-0.1, -0.05) is 0 Å². The maximum Gasteiger partial charge on any atom is 0.186 e. The van der Waals surface area contributed by atoms with Crippen molar-refractivity contribution >= 4 is 0 Å². The van der Waals surface area contributed by atoms with E-state index in [9.17, 15) is 71.5 Å². The molecule has 0 amide bonds.